The van der Waals surface area contributed by atoms with E-state index in [1.54, 1.807) is 20.3 Å². The van der Waals surface area contributed by atoms with Crippen molar-refractivity contribution in [2.24, 2.45) is 0 Å². The van der Waals surface area contributed by atoms with E-state index >= 15 is 0 Å². The number of rotatable bonds is 9. The van der Waals surface area contributed by atoms with E-state index in [1.165, 1.54) is 11.1 Å². The minimum Gasteiger partial charge on any atom is -0.493 e. The van der Waals surface area contributed by atoms with Crippen LogP contribution in [0.25, 0.3) is 5.57 Å². The predicted molar refractivity (Wildman–Crippen MR) is 137 cm³/mol. The van der Waals surface area contributed by atoms with Crippen LogP contribution < -0.4 is 20.1 Å². The number of carbonyl (C=O) groups is 1. The van der Waals surface area contributed by atoms with Crippen molar-refractivity contribution in [3.8, 4) is 11.5 Å². The van der Waals surface area contributed by atoms with Crippen LogP contribution in [0.4, 0.5) is 11.4 Å². The van der Waals surface area contributed by atoms with Crippen LogP contribution in [0.2, 0.25) is 0 Å². The Hall–Kier alpha value is -3.77. The van der Waals surface area contributed by atoms with Gasteiger partial charge in [0.1, 0.15) is 0 Å². The van der Waals surface area contributed by atoms with Crippen LogP contribution in [0.1, 0.15) is 30.0 Å². The summed E-state index contributed by atoms with van der Waals surface area (Å²) in [5, 5.41) is 6.41. The first-order valence-corrected chi connectivity index (χ1v) is 11.4. The first-order valence-electron chi connectivity index (χ1n) is 11.4. The first kappa shape index (κ1) is 23.4. The summed E-state index contributed by atoms with van der Waals surface area (Å²) >= 11 is 0. The topological polar surface area (TPSA) is 62.8 Å². The molecule has 1 aliphatic heterocycles. The number of hydrogen-bond acceptors (Lipinski definition) is 5. The zero-order chi connectivity index (χ0) is 24.1. The summed E-state index contributed by atoms with van der Waals surface area (Å²) in [7, 11) is 5.30. The fraction of sp³-hybridized carbons (Fsp3) is 0.250. The third-order valence-electron chi connectivity index (χ3n) is 5.92. The van der Waals surface area contributed by atoms with Gasteiger partial charge in [0.2, 0.25) is 0 Å². The van der Waals surface area contributed by atoms with Gasteiger partial charge in [-0.1, -0.05) is 49.4 Å². The summed E-state index contributed by atoms with van der Waals surface area (Å²) < 4.78 is 10.8. The van der Waals surface area contributed by atoms with E-state index in [0.29, 0.717) is 23.5 Å². The molecular formula is C28H31N3O3. The van der Waals surface area contributed by atoms with Crippen molar-refractivity contribution in [1.82, 2.24) is 4.90 Å². The molecule has 3 aromatic carbocycles. The number of ether oxygens (including phenoxy) is 2. The van der Waals surface area contributed by atoms with E-state index < -0.39 is 0 Å². The van der Waals surface area contributed by atoms with E-state index in [2.05, 4.69) is 71.1 Å². The zero-order valence-electron chi connectivity index (χ0n) is 20.1. The number of hydrogen-bond donors (Lipinski definition) is 2. The molecule has 0 bridgehead atoms. The van der Waals surface area contributed by atoms with Crippen molar-refractivity contribution in [1.29, 1.82) is 0 Å². The number of amides is 1. The maximum atomic E-state index is 12.9. The van der Waals surface area contributed by atoms with Gasteiger partial charge in [0.25, 0.3) is 5.91 Å². The monoisotopic (exact) mass is 457 g/mol. The summed E-state index contributed by atoms with van der Waals surface area (Å²) in [5.74, 6) is 1.05. The molecule has 0 spiro atoms. The van der Waals surface area contributed by atoms with Crippen LogP contribution >= 0.6 is 0 Å². The van der Waals surface area contributed by atoms with Gasteiger partial charge in [-0.25, -0.2) is 0 Å². The number of allylic oxidation sites excluding steroid dienone is 1. The van der Waals surface area contributed by atoms with E-state index in [4.69, 9.17) is 9.47 Å². The lowest BCUT2D eigenvalue weighted by atomic mass is 10.0. The minimum atomic E-state index is -0.131. The predicted octanol–water partition coefficient (Wildman–Crippen LogP) is 5.52. The Morgan fingerprint density at radius 1 is 0.912 bits per heavy atom. The number of nitrogens with zero attached hydrogens (tertiary/aromatic N) is 1. The average molecular weight is 458 g/mol. The number of anilines is 2. The molecule has 1 heterocycles. The molecule has 3 aromatic rings. The minimum absolute atomic E-state index is 0.131. The number of benzene rings is 3. The zero-order valence-corrected chi connectivity index (χ0v) is 20.1. The second-order valence-corrected chi connectivity index (χ2v) is 8.39. The largest absolute Gasteiger partial charge is 0.493 e. The van der Waals surface area contributed by atoms with Crippen molar-refractivity contribution in [3.05, 3.63) is 89.1 Å². The molecule has 2 N–H and O–H groups in total. The van der Waals surface area contributed by atoms with Gasteiger partial charge < -0.3 is 20.1 Å². The Labute approximate surface area is 201 Å². The normalized spacial score (nSPS) is 14.0. The second kappa shape index (κ2) is 10.4. The molecule has 0 radical (unpaired) electrons. The highest BCUT2D eigenvalue weighted by Gasteiger charge is 2.29. The van der Waals surface area contributed by atoms with Gasteiger partial charge in [0, 0.05) is 36.1 Å². The molecule has 6 nitrogen and oxygen atoms in total. The van der Waals surface area contributed by atoms with Gasteiger partial charge >= 0.3 is 0 Å². The highest BCUT2D eigenvalue weighted by molar-refractivity contribution is 6.32. The Morgan fingerprint density at radius 3 is 2.15 bits per heavy atom. The molecule has 0 atom stereocenters. The summed E-state index contributed by atoms with van der Waals surface area (Å²) in [4.78, 5) is 15.1. The molecule has 0 saturated heterocycles. The summed E-state index contributed by atoms with van der Waals surface area (Å²) in [5.41, 5.74) is 6.50. The highest BCUT2D eigenvalue weighted by atomic mass is 16.5. The lowest BCUT2D eigenvalue weighted by Crippen LogP contribution is -2.17. The molecular weight excluding hydrogens is 426 g/mol. The summed E-state index contributed by atoms with van der Waals surface area (Å²) in [6.45, 7) is 3.79. The van der Waals surface area contributed by atoms with Crippen molar-refractivity contribution in [2.75, 3.05) is 31.9 Å². The Bertz CT molecular complexity index is 1190. The summed E-state index contributed by atoms with van der Waals surface area (Å²) in [6, 6.07) is 22.5. The van der Waals surface area contributed by atoms with Crippen molar-refractivity contribution in [2.45, 2.75) is 26.4 Å². The Balaban J connectivity index is 1.51. The molecule has 0 saturated carbocycles. The lowest BCUT2D eigenvalue weighted by molar-refractivity contribution is -0.110. The quantitative estimate of drug-likeness (QED) is 0.414. The van der Waals surface area contributed by atoms with Crippen LogP contribution in [-0.4, -0.2) is 32.1 Å². The Kier molecular flexibility index (Phi) is 7.18. The van der Waals surface area contributed by atoms with Gasteiger partial charge in [-0.3, -0.25) is 9.69 Å². The van der Waals surface area contributed by atoms with Gasteiger partial charge in [-0.05, 0) is 42.8 Å². The standard InChI is InChI=1S/C28H31N3O3/c1-5-23(27-22-15-25(33-3)26(34-4)16-24(22)30-28(27)32)29-21-13-11-20(12-14-21)18-31(2)17-19-9-7-6-8-10-19/h6-16,29H,5,17-18H2,1-4H3,(H,30,32). The van der Waals surface area contributed by atoms with Crippen LogP contribution in [0, 0.1) is 0 Å². The van der Waals surface area contributed by atoms with Gasteiger partial charge in [0.15, 0.2) is 11.5 Å². The third-order valence-corrected chi connectivity index (χ3v) is 5.92. The maximum absolute atomic E-state index is 12.9. The molecule has 0 fully saturated rings. The van der Waals surface area contributed by atoms with Crippen LogP contribution in [-0.2, 0) is 17.9 Å². The lowest BCUT2D eigenvalue weighted by Gasteiger charge is -2.18. The van der Waals surface area contributed by atoms with Crippen LogP contribution in [0.15, 0.2) is 72.4 Å². The SMILES string of the molecule is CCC(Nc1ccc(CN(C)Cc2ccccc2)cc1)=C1C(=O)Nc2cc(OC)c(OC)cc21. The molecule has 0 aromatic heterocycles. The van der Waals surface area contributed by atoms with Gasteiger partial charge in [-0.2, -0.15) is 0 Å². The maximum Gasteiger partial charge on any atom is 0.258 e. The summed E-state index contributed by atoms with van der Waals surface area (Å²) in [6.07, 6.45) is 0.679. The van der Waals surface area contributed by atoms with Gasteiger partial charge in [-0.15, -0.1) is 0 Å². The van der Waals surface area contributed by atoms with Crippen molar-refractivity contribution < 1.29 is 14.3 Å². The van der Waals surface area contributed by atoms with Crippen molar-refractivity contribution in [3.63, 3.8) is 0 Å². The fourth-order valence-corrected chi connectivity index (χ4v) is 4.25. The third kappa shape index (κ3) is 5.07. The van der Waals surface area contributed by atoms with Gasteiger partial charge in [0.05, 0.1) is 25.5 Å². The first-order chi connectivity index (χ1) is 16.5. The van der Waals surface area contributed by atoms with E-state index in [9.17, 15) is 4.79 Å². The smallest absolute Gasteiger partial charge is 0.258 e. The molecule has 34 heavy (non-hydrogen) atoms. The Morgan fingerprint density at radius 2 is 1.53 bits per heavy atom. The van der Waals surface area contributed by atoms with E-state index in [0.717, 1.165) is 35.7 Å². The highest BCUT2D eigenvalue weighted by Crippen LogP contribution is 2.42. The number of carbonyl (C=O) groups excluding carboxylic acids is 1. The molecule has 0 unspecified atom stereocenters. The molecule has 6 heteroatoms. The average Bonchev–Trinajstić information content (AvgIpc) is 3.17. The molecule has 4 rings (SSSR count). The van der Waals surface area contributed by atoms with Crippen LogP contribution in [0.3, 0.4) is 0 Å². The molecule has 1 aliphatic rings. The second-order valence-electron chi connectivity index (χ2n) is 8.39. The molecule has 176 valence electrons. The number of nitrogens with one attached hydrogen (secondary N) is 2. The molecule has 0 aliphatic carbocycles. The molecule has 1 amide bonds. The number of methoxy groups -OCH3 is 2. The number of fused-ring (bicyclic) bond motifs is 1. The fourth-order valence-electron chi connectivity index (χ4n) is 4.25. The van der Waals surface area contributed by atoms with Crippen molar-refractivity contribution >= 4 is 22.9 Å². The van der Waals surface area contributed by atoms with E-state index in [1.807, 2.05) is 19.1 Å². The van der Waals surface area contributed by atoms with E-state index in [-0.39, 0.29) is 5.91 Å². The van der Waals surface area contributed by atoms with Crippen LogP contribution in [0.5, 0.6) is 11.5 Å².